The fourth-order valence-corrected chi connectivity index (χ4v) is 3.09. The third-order valence-corrected chi connectivity index (χ3v) is 4.44. The lowest BCUT2D eigenvalue weighted by Gasteiger charge is -2.18. The van der Waals surface area contributed by atoms with Crippen molar-refractivity contribution >= 4 is 5.91 Å². The first-order chi connectivity index (χ1) is 13.8. The van der Waals surface area contributed by atoms with Gasteiger partial charge in [-0.3, -0.25) is 9.78 Å². The SMILES string of the molecule is O=C(Cc1cnn(-c2ccccc2)c1)NC(c1ccccc1)c1ccccn1. The van der Waals surface area contributed by atoms with Gasteiger partial charge in [-0.05, 0) is 35.4 Å². The minimum Gasteiger partial charge on any atom is -0.343 e. The van der Waals surface area contributed by atoms with Crippen LogP contribution in [0.15, 0.2) is 97.5 Å². The quantitative estimate of drug-likeness (QED) is 0.564. The maximum Gasteiger partial charge on any atom is 0.225 e. The van der Waals surface area contributed by atoms with Gasteiger partial charge in [-0.25, -0.2) is 4.68 Å². The van der Waals surface area contributed by atoms with Crippen molar-refractivity contribution in [2.45, 2.75) is 12.5 Å². The molecule has 4 rings (SSSR count). The van der Waals surface area contributed by atoms with E-state index in [-0.39, 0.29) is 18.4 Å². The molecule has 0 radical (unpaired) electrons. The third-order valence-electron chi connectivity index (χ3n) is 4.44. The molecular formula is C23H20N4O. The van der Waals surface area contributed by atoms with Crippen LogP contribution < -0.4 is 5.32 Å². The summed E-state index contributed by atoms with van der Waals surface area (Å²) in [5, 5.41) is 7.47. The van der Waals surface area contributed by atoms with Crippen LogP contribution in [0.25, 0.3) is 5.69 Å². The zero-order chi connectivity index (χ0) is 19.2. The molecule has 1 N–H and O–H groups in total. The van der Waals surface area contributed by atoms with E-state index in [4.69, 9.17) is 0 Å². The molecule has 1 amide bonds. The van der Waals surface area contributed by atoms with Gasteiger partial charge in [0, 0.05) is 12.4 Å². The summed E-state index contributed by atoms with van der Waals surface area (Å²) in [6.07, 6.45) is 5.60. The van der Waals surface area contributed by atoms with Crippen LogP contribution in [0.2, 0.25) is 0 Å². The van der Waals surface area contributed by atoms with Crippen molar-refractivity contribution in [1.29, 1.82) is 0 Å². The van der Waals surface area contributed by atoms with Gasteiger partial charge in [-0.15, -0.1) is 0 Å². The van der Waals surface area contributed by atoms with Crippen LogP contribution in [-0.2, 0) is 11.2 Å². The Morgan fingerprint density at radius 3 is 2.36 bits per heavy atom. The van der Waals surface area contributed by atoms with Crippen LogP contribution in [-0.4, -0.2) is 20.7 Å². The first-order valence-corrected chi connectivity index (χ1v) is 9.14. The molecule has 1 unspecified atom stereocenters. The van der Waals surface area contributed by atoms with Gasteiger partial charge in [0.25, 0.3) is 0 Å². The van der Waals surface area contributed by atoms with E-state index in [2.05, 4.69) is 15.4 Å². The summed E-state index contributed by atoms with van der Waals surface area (Å²) in [7, 11) is 0. The maximum atomic E-state index is 12.7. The summed E-state index contributed by atoms with van der Waals surface area (Å²) in [5.41, 5.74) is 3.62. The highest BCUT2D eigenvalue weighted by Crippen LogP contribution is 2.20. The highest BCUT2D eigenvalue weighted by molar-refractivity contribution is 5.79. The number of pyridine rings is 1. The van der Waals surface area contributed by atoms with E-state index >= 15 is 0 Å². The molecule has 138 valence electrons. The molecule has 0 bridgehead atoms. The maximum absolute atomic E-state index is 12.7. The molecule has 0 spiro atoms. The molecule has 0 aliphatic heterocycles. The predicted octanol–water partition coefficient (Wildman–Crippen LogP) is 3.72. The standard InChI is InChI=1S/C23H20N4O/c28-22(15-18-16-25-27(17-18)20-11-5-2-6-12-20)26-23(19-9-3-1-4-10-19)21-13-7-8-14-24-21/h1-14,16-17,23H,15H2,(H,26,28). The Kier molecular flexibility index (Phi) is 5.24. The van der Waals surface area contributed by atoms with Crippen LogP contribution >= 0.6 is 0 Å². The van der Waals surface area contributed by atoms with Gasteiger partial charge in [0.1, 0.15) is 0 Å². The molecule has 0 saturated heterocycles. The van der Waals surface area contributed by atoms with Crippen molar-refractivity contribution in [2.75, 3.05) is 0 Å². The second-order valence-electron chi connectivity index (χ2n) is 6.47. The van der Waals surface area contributed by atoms with Crippen LogP contribution in [0.3, 0.4) is 0 Å². The van der Waals surface area contributed by atoms with E-state index in [1.807, 2.05) is 85.1 Å². The molecule has 0 aliphatic carbocycles. The molecule has 5 nitrogen and oxygen atoms in total. The summed E-state index contributed by atoms with van der Waals surface area (Å²) in [5.74, 6) is -0.0767. The lowest BCUT2D eigenvalue weighted by atomic mass is 10.0. The average Bonchev–Trinajstić information content (AvgIpc) is 3.22. The number of carbonyl (C=O) groups excluding carboxylic acids is 1. The Bertz CT molecular complexity index is 990. The number of hydrogen-bond acceptors (Lipinski definition) is 3. The minimum absolute atomic E-state index is 0.0767. The number of benzene rings is 2. The average molecular weight is 368 g/mol. The Labute approximate surface area is 163 Å². The van der Waals surface area contributed by atoms with Crippen molar-refractivity contribution in [1.82, 2.24) is 20.1 Å². The van der Waals surface area contributed by atoms with Crippen molar-refractivity contribution in [3.63, 3.8) is 0 Å². The second-order valence-corrected chi connectivity index (χ2v) is 6.47. The molecule has 2 aromatic heterocycles. The lowest BCUT2D eigenvalue weighted by Crippen LogP contribution is -2.31. The third kappa shape index (κ3) is 4.15. The number of aromatic nitrogens is 3. The van der Waals surface area contributed by atoms with E-state index in [1.54, 1.807) is 17.1 Å². The van der Waals surface area contributed by atoms with Crippen LogP contribution in [0.1, 0.15) is 22.9 Å². The van der Waals surface area contributed by atoms with Crippen molar-refractivity contribution < 1.29 is 4.79 Å². The Morgan fingerprint density at radius 2 is 1.64 bits per heavy atom. The number of nitrogens with zero attached hydrogens (tertiary/aromatic N) is 3. The van der Waals surface area contributed by atoms with Crippen molar-refractivity contribution in [3.8, 4) is 5.69 Å². The van der Waals surface area contributed by atoms with Gasteiger partial charge < -0.3 is 5.32 Å². The predicted molar refractivity (Wildman–Crippen MR) is 108 cm³/mol. The number of para-hydroxylation sites is 1. The first kappa shape index (κ1) is 17.7. The number of carbonyl (C=O) groups is 1. The summed E-state index contributed by atoms with van der Waals surface area (Å²) < 4.78 is 1.77. The van der Waals surface area contributed by atoms with E-state index in [0.717, 1.165) is 22.5 Å². The number of nitrogens with one attached hydrogen (secondary N) is 1. The molecule has 4 aromatic rings. The van der Waals surface area contributed by atoms with Crippen LogP contribution in [0.5, 0.6) is 0 Å². The van der Waals surface area contributed by atoms with Gasteiger partial charge in [0.2, 0.25) is 5.91 Å². The van der Waals surface area contributed by atoms with Crippen LogP contribution in [0.4, 0.5) is 0 Å². The second kappa shape index (κ2) is 8.31. The molecule has 0 saturated carbocycles. The molecule has 2 heterocycles. The summed E-state index contributed by atoms with van der Waals surface area (Å²) in [4.78, 5) is 17.2. The minimum atomic E-state index is -0.293. The van der Waals surface area contributed by atoms with Crippen LogP contribution in [0, 0.1) is 0 Å². The zero-order valence-corrected chi connectivity index (χ0v) is 15.3. The first-order valence-electron chi connectivity index (χ1n) is 9.14. The van der Waals surface area contributed by atoms with Crippen molar-refractivity contribution in [2.24, 2.45) is 0 Å². The van der Waals surface area contributed by atoms with Gasteiger partial charge in [-0.1, -0.05) is 54.6 Å². The molecule has 0 aliphatic rings. The zero-order valence-electron chi connectivity index (χ0n) is 15.3. The van der Waals surface area contributed by atoms with E-state index in [9.17, 15) is 4.79 Å². The van der Waals surface area contributed by atoms with E-state index < -0.39 is 0 Å². The Hall–Kier alpha value is -3.73. The molecule has 5 heteroatoms. The van der Waals surface area contributed by atoms with E-state index in [0.29, 0.717) is 0 Å². The van der Waals surface area contributed by atoms with E-state index in [1.165, 1.54) is 0 Å². The number of amides is 1. The van der Waals surface area contributed by atoms with Gasteiger partial charge in [-0.2, -0.15) is 5.10 Å². The lowest BCUT2D eigenvalue weighted by molar-refractivity contribution is -0.121. The van der Waals surface area contributed by atoms with Gasteiger partial charge in [0.15, 0.2) is 0 Å². The number of rotatable bonds is 6. The summed E-state index contributed by atoms with van der Waals surface area (Å²) >= 11 is 0. The molecule has 2 aromatic carbocycles. The highest BCUT2D eigenvalue weighted by atomic mass is 16.1. The molecule has 0 fully saturated rings. The number of hydrogen-bond donors (Lipinski definition) is 1. The molecular weight excluding hydrogens is 348 g/mol. The highest BCUT2D eigenvalue weighted by Gasteiger charge is 2.18. The topological polar surface area (TPSA) is 59.8 Å². The summed E-state index contributed by atoms with van der Waals surface area (Å²) in [6, 6.07) is 25.1. The monoisotopic (exact) mass is 368 g/mol. The largest absolute Gasteiger partial charge is 0.343 e. The Balaban J connectivity index is 1.50. The smallest absolute Gasteiger partial charge is 0.225 e. The van der Waals surface area contributed by atoms with Crippen molar-refractivity contribution in [3.05, 3.63) is 114 Å². The molecule has 28 heavy (non-hydrogen) atoms. The molecule has 1 atom stereocenters. The fraction of sp³-hybridized carbons (Fsp3) is 0.0870. The van der Waals surface area contributed by atoms with Gasteiger partial charge >= 0.3 is 0 Å². The summed E-state index contributed by atoms with van der Waals surface area (Å²) in [6.45, 7) is 0. The Morgan fingerprint density at radius 1 is 0.929 bits per heavy atom. The normalized spacial score (nSPS) is 11.7. The van der Waals surface area contributed by atoms with Gasteiger partial charge in [0.05, 0.1) is 30.0 Å². The fourth-order valence-electron chi connectivity index (χ4n) is 3.09.